The molecule has 1 aliphatic carbocycles. The zero-order chi connectivity index (χ0) is 18.4. The number of benzene rings is 1. The lowest BCUT2D eigenvalue weighted by molar-refractivity contribution is 0.412. The fourth-order valence-electron chi connectivity index (χ4n) is 3.30. The van der Waals surface area contributed by atoms with E-state index in [4.69, 9.17) is 9.72 Å². The molecular weight excluding hydrogens is 313 g/mol. The fourth-order valence-corrected chi connectivity index (χ4v) is 3.30. The molecule has 2 nitrogen and oxygen atoms in total. The van der Waals surface area contributed by atoms with Gasteiger partial charge in [-0.05, 0) is 47.4 Å². The van der Waals surface area contributed by atoms with Crippen molar-refractivity contribution in [3.63, 3.8) is 0 Å². The van der Waals surface area contributed by atoms with Gasteiger partial charge >= 0.3 is 0 Å². The molecule has 0 N–H and O–H groups in total. The molecule has 1 aromatic carbocycles. The van der Waals surface area contributed by atoms with Crippen molar-refractivity contribution < 1.29 is 9.13 Å². The molecular formula is C22H28FNO. The highest BCUT2D eigenvalue weighted by molar-refractivity contribution is 5.75. The van der Waals surface area contributed by atoms with Crippen molar-refractivity contribution in [1.82, 2.24) is 4.98 Å². The molecule has 0 unspecified atom stereocenters. The van der Waals surface area contributed by atoms with Gasteiger partial charge in [0.25, 0.3) is 0 Å². The molecule has 3 heteroatoms. The molecule has 1 heterocycles. The largest absolute Gasteiger partial charge is 0.496 e. The van der Waals surface area contributed by atoms with E-state index in [0.29, 0.717) is 17.2 Å². The lowest BCUT2D eigenvalue weighted by Gasteiger charge is -2.25. The second-order valence-corrected chi connectivity index (χ2v) is 8.41. The van der Waals surface area contributed by atoms with Gasteiger partial charge in [0.1, 0.15) is 11.6 Å². The Hall–Kier alpha value is -1.90. The average Bonchev–Trinajstić information content (AvgIpc) is 3.37. The SMILES string of the molecule is COc1cc(F)c(C(C)C)cc1-c1cnc(C2CC2)cc1C(C)(C)C. The van der Waals surface area contributed by atoms with Crippen LogP contribution < -0.4 is 4.74 Å². The molecule has 0 spiro atoms. The summed E-state index contributed by atoms with van der Waals surface area (Å²) in [6.07, 6.45) is 4.41. The Labute approximate surface area is 150 Å². The van der Waals surface area contributed by atoms with Crippen LogP contribution in [0.2, 0.25) is 0 Å². The summed E-state index contributed by atoms with van der Waals surface area (Å²) >= 11 is 0. The molecule has 1 aliphatic rings. The van der Waals surface area contributed by atoms with Gasteiger partial charge in [0.2, 0.25) is 0 Å². The maximum Gasteiger partial charge on any atom is 0.130 e. The van der Waals surface area contributed by atoms with Crippen molar-refractivity contribution in [3.8, 4) is 16.9 Å². The van der Waals surface area contributed by atoms with Gasteiger partial charge in [0.05, 0.1) is 7.11 Å². The van der Waals surface area contributed by atoms with E-state index >= 15 is 0 Å². The van der Waals surface area contributed by atoms with Crippen LogP contribution in [0.15, 0.2) is 24.4 Å². The molecule has 1 saturated carbocycles. The molecule has 1 aromatic heterocycles. The highest BCUT2D eigenvalue weighted by atomic mass is 19.1. The quantitative estimate of drug-likeness (QED) is 0.661. The summed E-state index contributed by atoms with van der Waals surface area (Å²) in [4.78, 5) is 4.71. The third kappa shape index (κ3) is 3.56. The molecule has 0 radical (unpaired) electrons. The minimum atomic E-state index is -0.213. The number of pyridine rings is 1. The monoisotopic (exact) mass is 341 g/mol. The van der Waals surface area contributed by atoms with Crippen molar-refractivity contribution in [2.45, 2.75) is 64.7 Å². The first kappa shape index (κ1) is 17.9. The lowest BCUT2D eigenvalue weighted by atomic mass is 9.81. The topological polar surface area (TPSA) is 22.1 Å². The normalized spacial score (nSPS) is 14.9. The summed E-state index contributed by atoms with van der Waals surface area (Å²) in [5.74, 6) is 1.07. The first-order valence-corrected chi connectivity index (χ1v) is 9.10. The molecule has 1 fully saturated rings. The molecule has 0 amide bonds. The summed E-state index contributed by atoms with van der Waals surface area (Å²) in [5, 5.41) is 0. The Morgan fingerprint density at radius 3 is 2.32 bits per heavy atom. The number of aromatic nitrogens is 1. The van der Waals surface area contributed by atoms with E-state index in [-0.39, 0.29) is 17.2 Å². The minimum Gasteiger partial charge on any atom is -0.496 e. The van der Waals surface area contributed by atoms with Gasteiger partial charge in [-0.3, -0.25) is 4.98 Å². The van der Waals surface area contributed by atoms with Gasteiger partial charge in [0, 0.05) is 35.0 Å². The maximum atomic E-state index is 14.4. The third-order valence-corrected chi connectivity index (χ3v) is 4.96. The number of ether oxygens (including phenoxy) is 1. The Balaban J connectivity index is 2.23. The van der Waals surface area contributed by atoms with E-state index < -0.39 is 0 Å². The summed E-state index contributed by atoms with van der Waals surface area (Å²) in [6, 6.07) is 5.68. The zero-order valence-electron chi connectivity index (χ0n) is 16.1. The second kappa shape index (κ2) is 6.44. The summed E-state index contributed by atoms with van der Waals surface area (Å²) < 4.78 is 19.9. The van der Waals surface area contributed by atoms with Gasteiger partial charge in [-0.1, -0.05) is 34.6 Å². The predicted molar refractivity (Wildman–Crippen MR) is 101 cm³/mol. The van der Waals surface area contributed by atoms with Crippen LogP contribution in [-0.2, 0) is 5.41 Å². The average molecular weight is 341 g/mol. The maximum absolute atomic E-state index is 14.4. The van der Waals surface area contributed by atoms with Crippen LogP contribution in [0.25, 0.3) is 11.1 Å². The fraction of sp³-hybridized carbons (Fsp3) is 0.500. The third-order valence-electron chi connectivity index (χ3n) is 4.96. The van der Waals surface area contributed by atoms with E-state index in [1.165, 1.54) is 30.2 Å². The molecule has 134 valence electrons. The number of methoxy groups -OCH3 is 1. The minimum absolute atomic E-state index is 0.0285. The van der Waals surface area contributed by atoms with Crippen LogP contribution in [-0.4, -0.2) is 12.1 Å². The first-order chi connectivity index (χ1) is 11.7. The van der Waals surface area contributed by atoms with E-state index in [9.17, 15) is 4.39 Å². The second-order valence-electron chi connectivity index (χ2n) is 8.41. The van der Waals surface area contributed by atoms with E-state index in [0.717, 1.165) is 11.1 Å². The molecule has 0 bridgehead atoms. The van der Waals surface area contributed by atoms with E-state index in [1.54, 1.807) is 7.11 Å². The molecule has 3 rings (SSSR count). The Morgan fingerprint density at radius 1 is 1.12 bits per heavy atom. The van der Waals surface area contributed by atoms with Gasteiger partial charge in [-0.15, -0.1) is 0 Å². The highest BCUT2D eigenvalue weighted by Crippen LogP contribution is 2.44. The Kier molecular flexibility index (Phi) is 4.61. The smallest absolute Gasteiger partial charge is 0.130 e. The number of rotatable bonds is 4. The molecule has 25 heavy (non-hydrogen) atoms. The first-order valence-electron chi connectivity index (χ1n) is 9.10. The molecule has 0 atom stereocenters. The van der Waals surface area contributed by atoms with Gasteiger partial charge < -0.3 is 4.74 Å². The summed E-state index contributed by atoms with van der Waals surface area (Å²) in [6.45, 7) is 10.6. The van der Waals surface area contributed by atoms with Crippen LogP contribution in [0.3, 0.4) is 0 Å². The van der Waals surface area contributed by atoms with Gasteiger partial charge in [-0.25, -0.2) is 4.39 Å². The number of hydrogen-bond acceptors (Lipinski definition) is 2. The van der Waals surface area contributed by atoms with Crippen molar-refractivity contribution in [2.75, 3.05) is 7.11 Å². The van der Waals surface area contributed by atoms with Crippen molar-refractivity contribution in [1.29, 1.82) is 0 Å². The predicted octanol–water partition coefficient (Wildman–Crippen LogP) is 6.19. The Morgan fingerprint density at radius 2 is 1.80 bits per heavy atom. The van der Waals surface area contributed by atoms with Crippen molar-refractivity contribution in [3.05, 3.63) is 47.0 Å². The molecule has 0 saturated heterocycles. The van der Waals surface area contributed by atoms with Gasteiger partial charge in [0.15, 0.2) is 0 Å². The number of halogens is 1. The van der Waals surface area contributed by atoms with Crippen LogP contribution in [0.1, 0.15) is 76.1 Å². The van der Waals surface area contributed by atoms with Crippen molar-refractivity contribution >= 4 is 0 Å². The van der Waals surface area contributed by atoms with Gasteiger partial charge in [-0.2, -0.15) is 0 Å². The van der Waals surface area contributed by atoms with E-state index in [1.807, 2.05) is 26.1 Å². The lowest BCUT2D eigenvalue weighted by Crippen LogP contribution is -2.14. The summed E-state index contributed by atoms with van der Waals surface area (Å²) in [5.41, 5.74) is 5.06. The van der Waals surface area contributed by atoms with Crippen LogP contribution >= 0.6 is 0 Å². The molecule has 2 aromatic rings. The highest BCUT2D eigenvalue weighted by Gasteiger charge is 2.29. The summed E-state index contributed by atoms with van der Waals surface area (Å²) in [7, 11) is 1.59. The zero-order valence-corrected chi connectivity index (χ0v) is 16.1. The molecule has 0 aliphatic heterocycles. The Bertz CT molecular complexity index is 785. The standard InChI is InChI=1S/C22H28FNO/c1-13(2)15-9-16(21(25-6)11-19(15)23)17-12-24-20(14-7-8-14)10-18(17)22(3,4)5/h9-14H,7-8H2,1-6H3. The van der Waals surface area contributed by atoms with Crippen LogP contribution in [0.4, 0.5) is 4.39 Å². The van der Waals surface area contributed by atoms with Crippen molar-refractivity contribution in [2.24, 2.45) is 0 Å². The number of nitrogens with zero attached hydrogens (tertiary/aromatic N) is 1. The van der Waals surface area contributed by atoms with Crippen LogP contribution in [0.5, 0.6) is 5.75 Å². The van der Waals surface area contributed by atoms with E-state index in [2.05, 4.69) is 26.8 Å². The number of hydrogen-bond donors (Lipinski definition) is 0. The van der Waals surface area contributed by atoms with Crippen LogP contribution in [0, 0.1) is 5.82 Å².